The number of rotatable bonds is 13. The SMILES string of the molecule is CCOCCn1c2ccc(C(=O)/C(CCSc3ccc(Cl)cc3)=N/OC(C)=O)cc2c2cc(C(=O)c3cccs3)ccc21. The normalized spacial score (nSPS) is 11.7. The number of aromatic nitrogens is 1. The van der Waals surface area contributed by atoms with E-state index in [1.54, 1.807) is 17.8 Å². The molecular weight excluding hydrogens is 604 g/mol. The van der Waals surface area contributed by atoms with Gasteiger partial charge in [-0.2, -0.15) is 0 Å². The number of hydrogen-bond acceptors (Lipinski definition) is 8. The summed E-state index contributed by atoms with van der Waals surface area (Å²) in [6, 6.07) is 22.3. The fourth-order valence-electron chi connectivity index (χ4n) is 4.76. The molecule has 10 heteroatoms. The van der Waals surface area contributed by atoms with Crippen molar-refractivity contribution in [1.29, 1.82) is 0 Å². The number of nitrogens with zero attached hydrogens (tertiary/aromatic N) is 2. The van der Waals surface area contributed by atoms with Crippen LogP contribution < -0.4 is 0 Å². The monoisotopic (exact) mass is 632 g/mol. The Morgan fingerprint density at radius 3 is 2.30 bits per heavy atom. The Morgan fingerprint density at radius 1 is 0.953 bits per heavy atom. The fourth-order valence-corrected chi connectivity index (χ4v) is 6.43. The second-order valence-electron chi connectivity index (χ2n) is 9.62. The van der Waals surface area contributed by atoms with Gasteiger partial charge < -0.3 is 14.1 Å². The second-order valence-corrected chi connectivity index (χ2v) is 12.2. The second kappa shape index (κ2) is 14.1. The number of ether oxygens (including phenoxy) is 1. The van der Waals surface area contributed by atoms with E-state index < -0.39 is 5.97 Å². The molecule has 7 nitrogen and oxygen atoms in total. The maximum absolute atomic E-state index is 13.7. The summed E-state index contributed by atoms with van der Waals surface area (Å²) in [6.45, 7) is 4.94. The van der Waals surface area contributed by atoms with Crippen LogP contribution in [0.25, 0.3) is 21.8 Å². The highest BCUT2D eigenvalue weighted by molar-refractivity contribution is 7.99. The minimum absolute atomic E-state index is 0.0478. The van der Waals surface area contributed by atoms with Gasteiger partial charge >= 0.3 is 5.97 Å². The van der Waals surface area contributed by atoms with Crippen molar-refractivity contribution in [2.24, 2.45) is 5.16 Å². The van der Waals surface area contributed by atoms with Gasteiger partial charge in [0.1, 0.15) is 5.71 Å². The Balaban J connectivity index is 1.50. The zero-order chi connectivity index (χ0) is 30.3. The predicted molar refractivity (Wildman–Crippen MR) is 174 cm³/mol. The Kier molecular flexibility index (Phi) is 10.1. The average Bonchev–Trinajstić information content (AvgIpc) is 3.66. The highest BCUT2D eigenvalue weighted by Crippen LogP contribution is 2.32. The van der Waals surface area contributed by atoms with E-state index >= 15 is 0 Å². The first-order chi connectivity index (χ1) is 20.9. The number of thiophene rings is 1. The number of fused-ring (bicyclic) bond motifs is 3. The van der Waals surface area contributed by atoms with Crippen molar-refractivity contribution in [2.75, 3.05) is 19.0 Å². The Hall–Kier alpha value is -3.76. The van der Waals surface area contributed by atoms with Crippen molar-refractivity contribution < 1.29 is 24.0 Å². The largest absolute Gasteiger partial charge is 0.380 e. The van der Waals surface area contributed by atoms with E-state index in [1.165, 1.54) is 18.3 Å². The molecule has 2 aromatic heterocycles. The first-order valence-electron chi connectivity index (χ1n) is 13.7. The van der Waals surface area contributed by atoms with Crippen LogP contribution in [0, 0.1) is 0 Å². The number of ketones is 2. The molecule has 5 rings (SSSR count). The molecule has 0 spiro atoms. The molecule has 0 amide bonds. The molecule has 0 aliphatic carbocycles. The maximum Gasteiger partial charge on any atom is 0.331 e. The number of benzene rings is 3. The van der Waals surface area contributed by atoms with Crippen LogP contribution in [0.5, 0.6) is 0 Å². The number of carbonyl (C=O) groups excluding carboxylic acids is 3. The molecule has 0 radical (unpaired) electrons. The molecule has 3 aromatic carbocycles. The summed E-state index contributed by atoms with van der Waals surface area (Å²) in [6.07, 6.45) is 0.285. The number of halogens is 1. The van der Waals surface area contributed by atoms with E-state index in [9.17, 15) is 14.4 Å². The van der Waals surface area contributed by atoms with E-state index in [4.69, 9.17) is 21.2 Å². The van der Waals surface area contributed by atoms with E-state index in [0.29, 0.717) is 46.5 Å². The quantitative estimate of drug-likeness (QED) is 0.0326. The maximum atomic E-state index is 13.7. The number of oxime groups is 1. The topological polar surface area (TPSA) is 87.0 Å². The molecule has 0 fully saturated rings. The fraction of sp³-hybridized carbons (Fsp3) is 0.212. The third kappa shape index (κ3) is 7.25. The van der Waals surface area contributed by atoms with Crippen LogP contribution in [-0.2, 0) is 20.9 Å². The van der Waals surface area contributed by atoms with Gasteiger partial charge in [-0.05, 0) is 79.0 Å². The van der Waals surface area contributed by atoms with Gasteiger partial charge in [0, 0.05) is 75.1 Å². The Morgan fingerprint density at radius 2 is 1.65 bits per heavy atom. The number of Topliss-reactive ketones (excluding diaryl/α,β-unsaturated/α-hetero) is 1. The standard InChI is InChI=1S/C33H29ClN2O5S2/c1-3-40-16-15-36-29-12-6-22(19-26(29)27-20-23(7-13-30(27)36)33(39)31-5-4-17-43-31)32(38)28(35-41-21(2)37)14-18-42-25-10-8-24(34)9-11-25/h4-13,17,19-20H,3,14-16,18H2,1-2H3/b35-28+. The molecular formula is C33H29ClN2O5S2. The lowest BCUT2D eigenvalue weighted by molar-refractivity contribution is -0.140. The molecule has 5 aromatic rings. The van der Waals surface area contributed by atoms with Gasteiger partial charge in [-0.3, -0.25) is 9.59 Å². The van der Waals surface area contributed by atoms with Gasteiger partial charge in [0.25, 0.3) is 0 Å². The van der Waals surface area contributed by atoms with Gasteiger partial charge in [0.15, 0.2) is 0 Å². The van der Waals surface area contributed by atoms with Crippen LogP contribution in [0.1, 0.15) is 45.9 Å². The summed E-state index contributed by atoms with van der Waals surface area (Å²) < 4.78 is 7.78. The first-order valence-corrected chi connectivity index (χ1v) is 16.0. The minimum atomic E-state index is -0.605. The van der Waals surface area contributed by atoms with Crippen molar-refractivity contribution in [3.8, 4) is 0 Å². The highest BCUT2D eigenvalue weighted by Gasteiger charge is 2.20. The van der Waals surface area contributed by atoms with Crippen molar-refractivity contribution >= 4 is 79.8 Å². The van der Waals surface area contributed by atoms with Gasteiger partial charge in [-0.15, -0.1) is 23.1 Å². The third-order valence-corrected chi connectivity index (χ3v) is 8.90. The van der Waals surface area contributed by atoms with Crippen LogP contribution in [-0.4, -0.2) is 46.8 Å². The molecule has 2 heterocycles. The molecule has 0 aliphatic rings. The molecule has 0 saturated heterocycles. The summed E-state index contributed by atoms with van der Waals surface area (Å²) in [4.78, 5) is 45.0. The smallest absolute Gasteiger partial charge is 0.331 e. The number of thioether (sulfide) groups is 1. The first kappa shape index (κ1) is 30.7. The molecule has 0 N–H and O–H groups in total. The Labute approximate surface area is 262 Å². The summed E-state index contributed by atoms with van der Waals surface area (Å²) in [5.74, 6) is -0.443. The lowest BCUT2D eigenvalue weighted by atomic mass is 10.0. The lowest BCUT2D eigenvalue weighted by Gasteiger charge is -2.09. The van der Waals surface area contributed by atoms with Gasteiger partial charge in [-0.25, -0.2) is 4.79 Å². The summed E-state index contributed by atoms with van der Waals surface area (Å²) >= 11 is 8.94. The van der Waals surface area contributed by atoms with Crippen molar-refractivity contribution in [2.45, 2.75) is 31.7 Å². The van der Waals surface area contributed by atoms with Gasteiger partial charge in [0.05, 0.1) is 11.5 Å². The lowest BCUT2D eigenvalue weighted by Crippen LogP contribution is -2.17. The van der Waals surface area contributed by atoms with Crippen LogP contribution in [0.2, 0.25) is 5.02 Å². The van der Waals surface area contributed by atoms with Gasteiger partial charge in [0.2, 0.25) is 11.6 Å². The van der Waals surface area contributed by atoms with Crippen LogP contribution in [0.3, 0.4) is 0 Å². The molecule has 220 valence electrons. The summed E-state index contributed by atoms with van der Waals surface area (Å²) in [5, 5.41) is 8.15. The number of carbonyl (C=O) groups is 3. The molecule has 0 unspecified atom stereocenters. The molecule has 0 atom stereocenters. The van der Waals surface area contributed by atoms with Crippen molar-refractivity contribution in [3.05, 3.63) is 99.2 Å². The summed E-state index contributed by atoms with van der Waals surface area (Å²) in [7, 11) is 0. The predicted octanol–water partition coefficient (Wildman–Crippen LogP) is 8.06. The summed E-state index contributed by atoms with van der Waals surface area (Å²) in [5.41, 5.74) is 2.99. The van der Waals surface area contributed by atoms with E-state index in [-0.39, 0.29) is 23.7 Å². The van der Waals surface area contributed by atoms with Gasteiger partial charge in [-0.1, -0.05) is 22.8 Å². The number of hydrogen-bond donors (Lipinski definition) is 0. The van der Waals surface area contributed by atoms with Crippen LogP contribution in [0.4, 0.5) is 0 Å². The van der Waals surface area contributed by atoms with E-state index in [2.05, 4.69) is 9.72 Å². The third-order valence-electron chi connectivity index (χ3n) is 6.77. The van der Waals surface area contributed by atoms with Crippen LogP contribution in [0.15, 0.2) is 88.2 Å². The average molecular weight is 633 g/mol. The van der Waals surface area contributed by atoms with Crippen molar-refractivity contribution in [3.63, 3.8) is 0 Å². The molecule has 0 saturated carbocycles. The van der Waals surface area contributed by atoms with Crippen molar-refractivity contribution in [1.82, 2.24) is 4.57 Å². The van der Waals surface area contributed by atoms with E-state index in [0.717, 1.165) is 26.7 Å². The highest BCUT2D eigenvalue weighted by atomic mass is 35.5. The van der Waals surface area contributed by atoms with Crippen LogP contribution >= 0.6 is 34.7 Å². The molecule has 43 heavy (non-hydrogen) atoms. The minimum Gasteiger partial charge on any atom is -0.380 e. The zero-order valence-corrected chi connectivity index (χ0v) is 26.1. The zero-order valence-electron chi connectivity index (χ0n) is 23.7. The Bertz CT molecular complexity index is 1810. The molecule has 0 aliphatic heterocycles. The van der Waals surface area contributed by atoms with E-state index in [1.807, 2.05) is 79.0 Å². The molecule has 0 bridgehead atoms.